The van der Waals surface area contributed by atoms with Crippen molar-refractivity contribution in [2.45, 2.75) is 40.5 Å². The molecule has 0 aliphatic heterocycles. The summed E-state index contributed by atoms with van der Waals surface area (Å²) in [6.07, 6.45) is 4.46. The number of rotatable bonds is 2. The van der Waals surface area contributed by atoms with E-state index in [1.807, 2.05) is 6.92 Å². The Morgan fingerprint density at radius 3 is 1.70 bits per heavy atom. The fraction of sp³-hybridized carbons (Fsp3) is 0.778. The second kappa shape index (κ2) is 16.4. The molecule has 10 heavy (non-hydrogen) atoms. The molecule has 0 aromatic heterocycles. The first kappa shape index (κ1) is 17.0. The third-order valence-electron chi connectivity index (χ3n) is 0.866. The minimum absolute atomic E-state index is 0. The predicted octanol–water partition coefficient (Wildman–Crippen LogP) is 3.63. The van der Waals surface area contributed by atoms with Gasteiger partial charge >= 0.3 is 0 Å². The summed E-state index contributed by atoms with van der Waals surface area (Å²) < 4.78 is 0. The summed E-state index contributed by atoms with van der Waals surface area (Å²) in [6.45, 7) is 12.0. The van der Waals surface area contributed by atoms with Crippen LogP contribution in [0.5, 0.6) is 0 Å². The molecular weight excluding hydrogens is 346 g/mol. The second-order valence-electron chi connectivity index (χ2n) is 2.59. The SMILES string of the molecule is C=CC.CCCC(C)C.[U]. The molecule has 0 aromatic rings. The van der Waals surface area contributed by atoms with E-state index in [4.69, 9.17) is 0 Å². The molecule has 0 rings (SSSR count). The molecule has 0 saturated heterocycles. The normalized spacial score (nSPS) is 7.30. The zero-order valence-electron chi connectivity index (χ0n) is 7.78. The minimum atomic E-state index is 0. The van der Waals surface area contributed by atoms with Gasteiger partial charge in [0.15, 0.2) is 0 Å². The maximum absolute atomic E-state index is 3.36. The van der Waals surface area contributed by atoms with E-state index in [9.17, 15) is 0 Å². The van der Waals surface area contributed by atoms with E-state index in [-0.39, 0.29) is 31.1 Å². The molecule has 0 nitrogen and oxygen atoms in total. The van der Waals surface area contributed by atoms with Crippen LogP contribution >= 0.6 is 0 Å². The van der Waals surface area contributed by atoms with Crippen LogP contribution in [0.25, 0.3) is 0 Å². The van der Waals surface area contributed by atoms with Crippen LogP contribution < -0.4 is 0 Å². The van der Waals surface area contributed by atoms with Gasteiger partial charge in [0.05, 0.1) is 0 Å². The second-order valence-corrected chi connectivity index (χ2v) is 2.59. The van der Waals surface area contributed by atoms with Crippen molar-refractivity contribution in [3.63, 3.8) is 0 Å². The molecule has 60 valence electrons. The van der Waals surface area contributed by atoms with Crippen LogP contribution in [0.3, 0.4) is 0 Å². The standard InChI is InChI=1S/C6H14.C3H6.U/c1-4-5-6(2)3;1-3-2;/h6H,4-5H2,1-3H3;3H,1H2,2H3;. The van der Waals surface area contributed by atoms with E-state index >= 15 is 0 Å². The Morgan fingerprint density at radius 1 is 1.40 bits per heavy atom. The molecule has 0 spiro atoms. The zero-order chi connectivity index (χ0) is 7.70. The monoisotopic (exact) mass is 366 g/mol. The van der Waals surface area contributed by atoms with Gasteiger partial charge in [-0.25, -0.2) is 0 Å². The summed E-state index contributed by atoms with van der Waals surface area (Å²) in [4.78, 5) is 0. The van der Waals surface area contributed by atoms with Crippen molar-refractivity contribution < 1.29 is 31.1 Å². The van der Waals surface area contributed by atoms with Gasteiger partial charge in [0.1, 0.15) is 0 Å². The fourth-order valence-corrected chi connectivity index (χ4v) is 0.577. The average Bonchev–Trinajstić information content (AvgIpc) is 1.67. The molecule has 0 radical (unpaired) electrons. The molecule has 0 aliphatic rings. The molecule has 0 N–H and O–H groups in total. The molecule has 0 fully saturated rings. The molecule has 0 aromatic carbocycles. The summed E-state index contributed by atoms with van der Waals surface area (Å²) in [6, 6.07) is 0. The molecule has 0 atom stereocenters. The quantitative estimate of drug-likeness (QED) is 0.655. The van der Waals surface area contributed by atoms with E-state index in [0.29, 0.717) is 0 Å². The van der Waals surface area contributed by atoms with Crippen molar-refractivity contribution in [1.82, 2.24) is 0 Å². The van der Waals surface area contributed by atoms with Gasteiger partial charge in [-0.2, -0.15) is 0 Å². The summed E-state index contributed by atoms with van der Waals surface area (Å²) in [5.74, 6) is 0.898. The van der Waals surface area contributed by atoms with Crippen molar-refractivity contribution in [1.29, 1.82) is 0 Å². The van der Waals surface area contributed by atoms with Crippen LogP contribution in [0.1, 0.15) is 40.5 Å². The molecular formula is C9H20U. The van der Waals surface area contributed by atoms with Crippen LogP contribution in [-0.4, -0.2) is 0 Å². The van der Waals surface area contributed by atoms with Gasteiger partial charge in [-0.15, -0.1) is 6.58 Å². The van der Waals surface area contributed by atoms with Crippen molar-refractivity contribution in [2.24, 2.45) is 5.92 Å². The number of hydrogen-bond donors (Lipinski definition) is 0. The first-order valence-electron chi connectivity index (χ1n) is 3.76. The Hall–Kier alpha value is 0.792. The summed E-state index contributed by atoms with van der Waals surface area (Å²) in [5.41, 5.74) is 0. The largest absolute Gasteiger partial charge is 0.103 e. The number of allylic oxidation sites excluding steroid dienone is 1. The molecule has 0 saturated carbocycles. The van der Waals surface area contributed by atoms with Crippen molar-refractivity contribution in [3.05, 3.63) is 12.7 Å². The minimum Gasteiger partial charge on any atom is -0.103 e. The number of hydrogen-bond acceptors (Lipinski definition) is 0. The zero-order valence-corrected chi connectivity index (χ0v) is 11.9. The molecule has 0 bridgehead atoms. The third-order valence-corrected chi connectivity index (χ3v) is 0.866. The molecule has 0 amide bonds. The average molecular weight is 366 g/mol. The molecule has 0 aliphatic carbocycles. The maximum Gasteiger partial charge on any atom is 0 e. The Morgan fingerprint density at radius 2 is 1.70 bits per heavy atom. The van der Waals surface area contributed by atoms with Crippen molar-refractivity contribution >= 4 is 0 Å². The molecule has 0 unspecified atom stereocenters. The first-order valence-corrected chi connectivity index (χ1v) is 3.76. The molecule has 1 heteroatoms. The Bertz CT molecular complexity index is 48.7. The Labute approximate surface area is 89.9 Å². The molecule has 0 heterocycles. The van der Waals surface area contributed by atoms with E-state index in [1.165, 1.54) is 12.8 Å². The van der Waals surface area contributed by atoms with E-state index < -0.39 is 0 Å². The van der Waals surface area contributed by atoms with Crippen LogP contribution in [0.4, 0.5) is 0 Å². The van der Waals surface area contributed by atoms with Crippen LogP contribution in [0, 0.1) is 37.0 Å². The van der Waals surface area contributed by atoms with Crippen LogP contribution in [0.15, 0.2) is 12.7 Å². The van der Waals surface area contributed by atoms with E-state index in [2.05, 4.69) is 27.4 Å². The predicted molar refractivity (Wildman–Crippen MR) is 45.6 cm³/mol. The van der Waals surface area contributed by atoms with Gasteiger partial charge in [-0.3, -0.25) is 0 Å². The van der Waals surface area contributed by atoms with E-state index in [0.717, 1.165) is 5.92 Å². The Balaban J connectivity index is -0.000000107. The van der Waals surface area contributed by atoms with Gasteiger partial charge in [0, 0.05) is 31.1 Å². The summed E-state index contributed by atoms with van der Waals surface area (Å²) in [7, 11) is 0. The van der Waals surface area contributed by atoms with Crippen molar-refractivity contribution in [3.8, 4) is 0 Å². The van der Waals surface area contributed by atoms with Crippen molar-refractivity contribution in [2.75, 3.05) is 0 Å². The first-order chi connectivity index (χ1) is 4.18. The van der Waals surface area contributed by atoms with Gasteiger partial charge in [-0.1, -0.05) is 39.7 Å². The maximum atomic E-state index is 3.36. The van der Waals surface area contributed by atoms with Crippen LogP contribution in [0.2, 0.25) is 0 Å². The smallest absolute Gasteiger partial charge is 0 e. The van der Waals surface area contributed by atoms with Gasteiger partial charge in [-0.05, 0) is 12.8 Å². The van der Waals surface area contributed by atoms with Gasteiger partial charge < -0.3 is 0 Å². The Kier molecular flexibility index (Phi) is 28.0. The third kappa shape index (κ3) is 37.1. The van der Waals surface area contributed by atoms with E-state index in [1.54, 1.807) is 6.08 Å². The summed E-state index contributed by atoms with van der Waals surface area (Å²) >= 11 is 0. The van der Waals surface area contributed by atoms with Crippen LogP contribution in [-0.2, 0) is 0 Å². The fourth-order valence-electron chi connectivity index (χ4n) is 0.577. The summed E-state index contributed by atoms with van der Waals surface area (Å²) in [5, 5.41) is 0. The van der Waals surface area contributed by atoms with Gasteiger partial charge in [0.25, 0.3) is 0 Å². The topological polar surface area (TPSA) is 0 Å². The van der Waals surface area contributed by atoms with Gasteiger partial charge in [0.2, 0.25) is 0 Å².